The van der Waals surface area contributed by atoms with Crippen LogP contribution in [-0.4, -0.2) is 20.2 Å². The van der Waals surface area contributed by atoms with Crippen LogP contribution in [0.4, 0.5) is 0 Å². The number of nitrogens with one attached hydrogen (secondary N) is 2. The average molecular weight is 258 g/mol. The van der Waals surface area contributed by atoms with Crippen LogP contribution >= 0.6 is 11.8 Å². The second-order valence-electron chi connectivity index (χ2n) is 4.26. The molecule has 5 heteroatoms. The van der Waals surface area contributed by atoms with Gasteiger partial charge in [0, 0.05) is 17.0 Å². The van der Waals surface area contributed by atoms with Crippen molar-refractivity contribution in [2.24, 2.45) is 0 Å². The Bertz CT molecular complexity index is 631. The lowest BCUT2D eigenvalue weighted by Gasteiger charge is -1.98. The molecule has 0 amide bonds. The third-order valence-electron chi connectivity index (χ3n) is 3.00. The van der Waals surface area contributed by atoms with Gasteiger partial charge in [0.2, 0.25) is 0 Å². The molecule has 1 aromatic carbocycles. The smallest absolute Gasteiger partial charge is 0.166 e. The predicted molar refractivity (Wildman–Crippen MR) is 73.7 cm³/mol. The van der Waals surface area contributed by atoms with Gasteiger partial charge in [-0.05, 0) is 26.0 Å². The summed E-state index contributed by atoms with van der Waals surface area (Å²) in [7, 11) is 0. The van der Waals surface area contributed by atoms with E-state index in [1.165, 1.54) is 5.56 Å². The minimum absolute atomic E-state index is 0.883. The third kappa shape index (κ3) is 2.01. The zero-order valence-corrected chi connectivity index (χ0v) is 11.1. The minimum atomic E-state index is 0.883. The molecule has 18 heavy (non-hydrogen) atoms. The number of imidazole rings is 1. The van der Waals surface area contributed by atoms with E-state index in [0.717, 1.165) is 33.3 Å². The van der Waals surface area contributed by atoms with Crippen molar-refractivity contribution in [3.63, 3.8) is 0 Å². The van der Waals surface area contributed by atoms with Gasteiger partial charge < -0.3 is 4.98 Å². The standard InChI is InChI=1S/C13H14N4S/c1-8-10(9(2)17-16-8)7-18-13-14-11-5-3-4-6-12(11)15-13/h3-6H,7H2,1-2H3,(H,14,15)(H,16,17). The molecule has 0 aliphatic heterocycles. The summed E-state index contributed by atoms with van der Waals surface area (Å²) in [6.45, 7) is 4.08. The van der Waals surface area contributed by atoms with E-state index in [4.69, 9.17) is 0 Å². The maximum absolute atomic E-state index is 4.55. The van der Waals surface area contributed by atoms with E-state index < -0.39 is 0 Å². The molecule has 0 aliphatic rings. The highest BCUT2D eigenvalue weighted by Gasteiger charge is 2.08. The zero-order valence-electron chi connectivity index (χ0n) is 10.3. The first kappa shape index (κ1) is 11.3. The van der Waals surface area contributed by atoms with Gasteiger partial charge in [0.05, 0.1) is 16.7 Å². The van der Waals surface area contributed by atoms with Crippen molar-refractivity contribution < 1.29 is 0 Å². The van der Waals surface area contributed by atoms with Crippen molar-refractivity contribution >= 4 is 22.8 Å². The van der Waals surface area contributed by atoms with Crippen molar-refractivity contribution in [3.8, 4) is 0 Å². The van der Waals surface area contributed by atoms with Crippen LogP contribution in [0.15, 0.2) is 29.4 Å². The molecule has 3 rings (SSSR count). The first-order chi connectivity index (χ1) is 8.74. The average Bonchev–Trinajstić information content (AvgIpc) is 2.91. The molecule has 0 unspecified atom stereocenters. The van der Waals surface area contributed by atoms with Crippen LogP contribution in [0, 0.1) is 13.8 Å². The maximum atomic E-state index is 4.55. The zero-order chi connectivity index (χ0) is 12.5. The fourth-order valence-corrected chi connectivity index (χ4v) is 2.98. The Morgan fingerprint density at radius 3 is 2.78 bits per heavy atom. The summed E-state index contributed by atoms with van der Waals surface area (Å²) in [4.78, 5) is 7.87. The van der Waals surface area contributed by atoms with Gasteiger partial charge >= 0.3 is 0 Å². The molecular weight excluding hydrogens is 244 g/mol. The monoisotopic (exact) mass is 258 g/mol. The number of H-pyrrole nitrogens is 2. The summed E-state index contributed by atoms with van der Waals surface area (Å²) >= 11 is 1.71. The molecule has 0 radical (unpaired) electrons. The van der Waals surface area contributed by atoms with Gasteiger partial charge in [-0.25, -0.2) is 4.98 Å². The molecule has 0 bridgehead atoms. The van der Waals surface area contributed by atoms with Gasteiger partial charge in [0.1, 0.15) is 0 Å². The van der Waals surface area contributed by atoms with E-state index in [9.17, 15) is 0 Å². The van der Waals surface area contributed by atoms with Gasteiger partial charge in [-0.15, -0.1) is 0 Å². The number of nitrogens with zero attached hydrogens (tertiary/aromatic N) is 2. The van der Waals surface area contributed by atoms with Crippen LogP contribution in [0.5, 0.6) is 0 Å². The normalized spacial score (nSPS) is 11.2. The van der Waals surface area contributed by atoms with E-state index in [-0.39, 0.29) is 0 Å². The Morgan fingerprint density at radius 1 is 1.22 bits per heavy atom. The Labute approximate surface area is 109 Å². The van der Waals surface area contributed by atoms with Gasteiger partial charge in [0.15, 0.2) is 5.16 Å². The number of para-hydroxylation sites is 2. The molecule has 0 aliphatic carbocycles. The van der Waals surface area contributed by atoms with E-state index in [1.807, 2.05) is 31.2 Å². The summed E-state index contributed by atoms with van der Waals surface area (Å²) in [6, 6.07) is 8.08. The molecule has 2 N–H and O–H groups in total. The highest BCUT2D eigenvalue weighted by molar-refractivity contribution is 7.98. The number of hydrogen-bond donors (Lipinski definition) is 2. The van der Waals surface area contributed by atoms with Gasteiger partial charge in [-0.2, -0.15) is 5.10 Å². The Kier molecular flexibility index (Phi) is 2.83. The lowest BCUT2D eigenvalue weighted by Crippen LogP contribution is -1.86. The van der Waals surface area contributed by atoms with Crippen LogP contribution < -0.4 is 0 Å². The van der Waals surface area contributed by atoms with Crippen LogP contribution in [0.2, 0.25) is 0 Å². The summed E-state index contributed by atoms with van der Waals surface area (Å²) < 4.78 is 0. The number of aromatic amines is 2. The lowest BCUT2D eigenvalue weighted by molar-refractivity contribution is 1.02. The molecule has 2 heterocycles. The largest absolute Gasteiger partial charge is 0.333 e. The minimum Gasteiger partial charge on any atom is -0.333 e. The Morgan fingerprint density at radius 2 is 2.06 bits per heavy atom. The number of rotatable bonds is 3. The van der Waals surface area contributed by atoms with E-state index >= 15 is 0 Å². The number of aromatic nitrogens is 4. The second kappa shape index (κ2) is 4.49. The Hall–Kier alpha value is -1.75. The lowest BCUT2D eigenvalue weighted by atomic mass is 10.2. The van der Waals surface area contributed by atoms with Crippen LogP contribution in [0.25, 0.3) is 11.0 Å². The maximum Gasteiger partial charge on any atom is 0.166 e. The van der Waals surface area contributed by atoms with E-state index in [2.05, 4.69) is 27.1 Å². The summed E-state index contributed by atoms with van der Waals surface area (Å²) in [5, 5.41) is 8.16. The third-order valence-corrected chi connectivity index (χ3v) is 3.90. The fraction of sp³-hybridized carbons (Fsp3) is 0.231. The van der Waals surface area contributed by atoms with Crippen LogP contribution in [0.3, 0.4) is 0 Å². The SMILES string of the molecule is Cc1n[nH]c(C)c1CSc1nc2ccccc2[nH]1. The highest BCUT2D eigenvalue weighted by Crippen LogP contribution is 2.25. The molecule has 0 spiro atoms. The molecule has 0 fully saturated rings. The number of hydrogen-bond acceptors (Lipinski definition) is 3. The summed E-state index contributed by atoms with van der Waals surface area (Å²) in [5.74, 6) is 0.883. The molecular formula is C13H14N4S. The highest BCUT2D eigenvalue weighted by atomic mass is 32.2. The van der Waals surface area contributed by atoms with Crippen molar-refractivity contribution in [3.05, 3.63) is 41.2 Å². The first-order valence-corrected chi connectivity index (χ1v) is 6.80. The molecule has 0 atom stereocenters. The topological polar surface area (TPSA) is 57.4 Å². The number of benzene rings is 1. The van der Waals surface area contributed by atoms with Gasteiger partial charge in [-0.3, -0.25) is 5.10 Å². The van der Waals surface area contributed by atoms with E-state index in [1.54, 1.807) is 11.8 Å². The Balaban J connectivity index is 1.81. The number of aryl methyl sites for hydroxylation is 2. The molecule has 0 saturated heterocycles. The number of thioether (sulfide) groups is 1. The molecule has 4 nitrogen and oxygen atoms in total. The van der Waals surface area contributed by atoms with Crippen molar-refractivity contribution in [1.29, 1.82) is 0 Å². The second-order valence-corrected chi connectivity index (χ2v) is 5.22. The molecule has 2 aromatic heterocycles. The van der Waals surface area contributed by atoms with Gasteiger partial charge in [0.25, 0.3) is 0 Å². The van der Waals surface area contributed by atoms with E-state index in [0.29, 0.717) is 0 Å². The summed E-state index contributed by atoms with van der Waals surface area (Å²) in [5.41, 5.74) is 5.56. The van der Waals surface area contributed by atoms with Crippen molar-refractivity contribution in [2.45, 2.75) is 24.8 Å². The van der Waals surface area contributed by atoms with Crippen molar-refractivity contribution in [1.82, 2.24) is 20.2 Å². The van der Waals surface area contributed by atoms with Gasteiger partial charge in [-0.1, -0.05) is 23.9 Å². The molecule has 3 aromatic rings. The first-order valence-electron chi connectivity index (χ1n) is 5.82. The summed E-state index contributed by atoms with van der Waals surface area (Å²) in [6.07, 6.45) is 0. The van der Waals surface area contributed by atoms with Crippen molar-refractivity contribution in [2.75, 3.05) is 0 Å². The predicted octanol–water partition coefficient (Wildman–Crippen LogP) is 3.20. The molecule has 0 saturated carbocycles. The fourth-order valence-electron chi connectivity index (χ4n) is 1.92. The quantitative estimate of drug-likeness (QED) is 0.709. The molecule has 92 valence electrons. The van der Waals surface area contributed by atoms with Crippen LogP contribution in [0.1, 0.15) is 17.0 Å². The number of fused-ring (bicyclic) bond motifs is 1. The van der Waals surface area contributed by atoms with Crippen LogP contribution in [-0.2, 0) is 5.75 Å².